The van der Waals surface area contributed by atoms with Crippen LogP contribution in [0.1, 0.15) is 39.0 Å². The molecule has 70 valence electrons. The van der Waals surface area contributed by atoms with Crippen molar-refractivity contribution in [2.45, 2.75) is 39.0 Å². The first-order valence-electron chi connectivity index (χ1n) is 5.06. The summed E-state index contributed by atoms with van der Waals surface area (Å²) in [5.41, 5.74) is 12.7. The van der Waals surface area contributed by atoms with Crippen LogP contribution in [0.15, 0.2) is 34.6 Å². The van der Waals surface area contributed by atoms with Crippen LogP contribution in [-0.4, -0.2) is 0 Å². The van der Waals surface area contributed by atoms with Crippen molar-refractivity contribution in [3.05, 3.63) is 34.6 Å². The zero-order chi connectivity index (χ0) is 9.42. The standard InChI is InChI=1S/C12H17N/c1-8-4-3-5-10(8)12(13)11-7-6-9(11)2/h2-7,13H2,1H3/b12-11+. The maximum absolute atomic E-state index is 6.13. The highest BCUT2D eigenvalue weighted by Gasteiger charge is 2.21. The zero-order valence-electron chi connectivity index (χ0n) is 8.32. The highest BCUT2D eigenvalue weighted by atomic mass is 14.6. The summed E-state index contributed by atoms with van der Waals surface area (Å²) in [5, 5.41) is 0. The Bertz CT molecular complexity index is 318. The van der Waals surface area contributed by atoms with Crippen molar-refractivity contribution in [3.63, 3.8) is 0 Å². The van der Waals surface area contributed by atoms with E-state index in [1.54, 1.807) is 0 Å². The number of allylic oxidation sites excluding steroid dienone is 4. The van der Waals surface area contributed by atoms with Crippen LogP contribution in [-0.2, 0) is 0 Å². The van der Waals surface area contributed by atoms with Crippen molar-refractivity contribution in [2.75, 3.05) is 0 Å². The first-order valence-corrected chi connectivity index (χ1v) is 5.06. The van der Waals surface area contributed by atoms with Gasteiger partial charge in [-0.1, -0.05) is 12.2 Å². The van der Waals surface area contributed by atoms with Crippen molar-refractivity contribution < 1.29 is 0 Å². The maximum Gasteiger partial charge on any atom is 0.0381 e. The molecule has 1 saturated carbocycles. The van der Waals surface area contributed by atoms with E-state index in [9.17, 15) is 0 Å². The Morgan fingerprint density at radius 2 is 2.00 bits per heavy atom. The molecule has 1 nitrogen and oxygen atoms in total. The molecule has 2 N–H and O–H groups in total. The van der Waals surface area contributed by atoms with Crippen LogP contribution in [0.4, 0.5) is 0 Å². The van der Waals surface area contributed by atoms with Crippen LogP contribution in [0, 0.1) is 0 Å². The summed E-state index contributed by atoms with van der Waals surface area (Å²) in [5.74, 6) is 0. The van der Waals surface area contributed by atoms with E-state index >= 15 is 0 Å². The molecule has 2 rings (SSSR count). The number of hydrogen-bond donors (Lipinski definition) is 1. The van der Waals surface area contributed by atoms with E-state index in [0.29, 0.717) is 0 Å². The second-order valence-corrected chi connectivity index (χ2v) is 4.11. The van der Waals surface area contributed by atoms with Gasteiger partial charge in [0.25, 0.3) is 0 Å². The van der Waals surface area contributed by atoms with Crippen molar-refractivity contribution in [1.82, 2.24) is 0 Å². The second kappa shape index (κ2) is 3.06. The van der Waals surface area contributed by atoms with E-state index in [1.807, 2.05) is 0 Å². The van der Waals surface area contributed by atoms with Gasteiger partial charge in [0.05, 0.1) is 0 Å². The van der Waals surface area contributed by atoms with E-state index in [-0.39, 0.29) is 0 Å². The number of hydrogen-bond acceptors (Lipinski definition) is 1. The van der Waals surface area contributed by atoms with Gasteiger partial charge in [-0.25, -0.2) is 0 Å². The minimum absolute atomic E-state index is 1.05. The molecule has 0 atom stereocenters. The van der Waals surface area contributed by atoms with Gasteiger partial charge in [-0.2, -0.15) is 0 Å². The molecule has 2 aliphatic rings. The summed E-state index contributed by atoms with van der Waals surface area (Å²) in [6.45, 7) is 6.20. The molecule has 1 heteroatoms. The highest BCUT2D eigenvalue weighted by Crippen LogP contribution is 2.38. The van der Waals surface area contributed by atoms with Crippen LogP contribution in [0.2, 0.25) is 0 Å². The SMILES string of the molecule is C=C1CC/C1=C(\N)C1=C(C)CCC1. The molecule has 1 fully saturated rings. The Kier molecular flexibility index (Phi) is 2.03. The second-order valence-electron chi connectivity index (χ2n) is 4.11. The first-order chi connectivity index (χ1) is 6.20. The molecule has 0 bridgehead atoms. The normalized spacial score (nSPS) is 26.4. The van der Waals surface area contributed by atoms with E-state index in [0.717, 1.165) is 18.5 Å². The fourth-order valence-electron chi connectivity index (χ4n) is 2.19. The van der Waals surface area contributed by atoms with Crippen LogP contribution in [0.3, 0.4) is 0 Å². The fraction of sp³-hybridized carbons (Fsp3) is 0.500. The van der Waals surface area contributed by atoms with Gasteiger partial charge in [0.2, 0.25) is 0 Å². The van der Waals surface area contributed by atoms with Crippen molar-refractivity contribution >= 4 is 0 Å². The Hall–Kier alpha value is -0.980. The molecule has 0 aromatic rings. The Morgan fingerprint density at radius 1 is 1.23 bits per heavy atom. The minimum atomic E-state index is 1.05. The first kappa shape index (κ1) is 8.61. The molecule has 13 heavy (non-hydrogen) atoms. The van der Waals surface area contributed by atoms with E-state index < -0.39 is 0 Å². The number of rotatable bonds is 1. The molecule has 0 spiro atoms. The molecule has 0 aromatic carbocycles. The molecule has 0 saturated heterocycles. The van der Waals surface area contributed by atoms with Gasteiger partial charge >= 0.3 is 0 Å². The van der Waals surface area contributed by atoms with Gasteiger partial charge in [0.1, 0.15) is 0 Å². The topological polar surface area (TPSA) is 26.0 Å². The Balaban J connectivity index is 2.31. The molecule has 0 unspecified atom stereocenters. The Morgan fingerprint density at radius 3 is 2.38 bits per heavy atom. The van der Waals surface area contributed by atoms with Crippen LogP contribution < -0.4 is 5.73 Å². The lowest BCUT2D eigenvalue weighted by molar-refractivity contribution is 0.804. The van der Waals surface area contributed by atoms with Crippen molar-refractivity contribution in [3.8, 4) is 0 Å². The van der Waals surface area contributed by atoms with Crippen molar-refractivity contribution in [2.24, 2.45) is 5.73 Å². The smallest absolute Gasteiger partial charge is 0.0381 e. The Labute approximate surface area is 80.0 Å². The van der Waals surface area contributed by atoms with E-state index in [4.69, 9.17) is 5.73 Å². The lowest BCUT2D eigenvalue weighted by Gasteiger charge is -2.24. The summed E-state index contributed by atoms with van der Waals surface area (Å²) < 4.78 is 0. The molecular formula is C12H17N. The summed E-state index contributed by atoms with van der Waals surface area (Å²) in [6.07, 6.45) is 5.97. The van der Waals surface area contributed by atoms with Crippen LogP contribution in [0.5, 0.6) is 0 Å². The summed E-state index contributed by atoms with van der Waals surface area (Å²) >= 11 is 0. The lowest BCUT2D eigenvalue weighted by Crippen LogP contribution is -2.13. The number of nitrogens with two attached hydrogens (primary N) is 1. The molecule has 0 heterocycles. The summed E-state index contributed by atoms with van der Waals surface area (Å²) in [6, 6.07) is 0. The van der Waals surface area contributed by atoms with Gasteiger partial charge in [-0.3, -0.25) is 0 Å². The quantitative estimate of drug-likeness (QED) is 0.651. The van der Waals surface area contributed by atoms with E-state index in [2.05, 4.69) is 13.5 Å². The highest BCUT2D eigenvalue weighted by molar-refractivity contribution is 5.49. The molecule has 2 aliphatic carbocycles. The molecule has 0 radical (unpaired) electrons. The van der Waals surface area contributed by atoms with Crippen LogP contribution in [0.25, 0.3) is 0 Å². The fourth-order valence-corrected chi connectivity index (χ4v) is 2.19. The molecule has 0 amide bonds. The third-order valence-corrected chi connectivity index (χ3v) is 3.25. The van der Waals surface area contributed by atoms with Crippen molar-refractivity contribution in [1.29, 1.82) is 0 Å². The van der Waals surface area contributed by atoms with Gasteiger partial charge in [-0.05, 0) is 55.7 Å². The van der Waals surface area contributed by atoms with Gasteiger partial charge in [-0.15, -0.1) is 0 Å². The van der Waals surface area contributed by atoms with Gasteiger partial charge in [0.15, 0.2) is 0 Å². The van der Waals surface area contributed by atoms with Gasteiger partial charge in [0, 0.05) is 5.70 Å². The van der Waals surface area contributed by atoms with Crippen LogP contribution >= 0.6 is 0 Å². The molecule has 0 aromatic heterocycles. The summed E-state index contributed by atoms with van der Waals surface area (Å²) in [7, 11) is 0. The monoisotopic (exact) mass is 175 g/mol. The third kappa shape index (κ3) is 1.32. The average Bonchev–Trinajstić information content (AvgIpc) is 2.48. The maximum atomic E-state index is 6.13. The third-order valence-electron chi connectivity index (χ3n) is 3.25. The molecule has 0 aliphatic heterocycles. The minimum Gasteiger partial charge on any atom is -0.398 e. The summed E-state index contributed by atoms with van der Waals surface area (Å²) in [4.78, 5) is 0. The zero-order valence-corrected chi connectivity index (χ0v) is 8.32. The lowest BCUT2D eigenvalue weighted by atomic mass is 9.83. The largest absolute Gasteiger partial charge is 0.398 e. The molecular weight excluding hydrogens is 158 g/mol. The van der Waals surface area contributed by atoms with Gasteiger partial charge < -0.3 is 5.73 Å². The van der Waals surface area contributed by atoms with E-state index in [1.165, 1.54) is 41.6 Å². The predicted molar refractivity (Wildman–Crippen MR) is 56.1 cm³/mol. The average molecular weight is 175 g/mol. The predicted octanol–water partition coefficient (Wildman–Crippen LogP) is 3.05.